The first kappa shape index (κ1) is 15.0. The average Bonchev–Trinajstić information content (AvgIpc) is 2.40. The quantitative estimate of drug-likeness (QED) is 0.891. The molecule has 4 heteroatoms. The smallest absolute Gasteiger partial charge is 0.137 e. The summed E-state index contributed by atoms with van der Waals surface area (Å²) in [5.41, 5.74) is 8.92. The fourth-order valence-electron chi connectivity index (χ4n) is 1.93. The van der Waals surface area contributed by atoms with Crippen LogP contribution in [0.4, 0.5) is 4.39 Å². The van der Waals surface area contributed by atoms with Crippen molar-refractivity contribution in [1.29, 1.82) is 0 Å². The molecular formula is C16H17BrFNO. The van der Waals surface area contributed by atoms with E-state index >= 15 is 0 Å². The predicted molar refractivity (Wildman–Crippen MR) is 82.2 cm³/mol. The summed E-state index contributed by atoms with van der Waals surface area (Å²) in [6, 6.07) is 10.7. The van der Waals surface area contributed by atoms with Gasteiger partial charge < -0.3 is 10.5 Å². The van der Waals surface area contributed by atoms with Gasteiger partial charge in [0.15, 0.2) is 0 Å². The van der Waals surface area contributed by atoms with Crippen LogP contribution in [0.1, 0.15) is 29.7 Å². The summed E-state index contributed by atoms with van der Waals surface area (Å²) < 4.78 is 19.5. The Balaban J connectivity index is 2.17. The van der Waals surface area contributed by atoms with E-state index in [1.807, 2.05) is 32.0 Å². The van der Waals surface area contributed by atoms with Crippen LogP contribution < -0.4 is 10.5 Å². The van der Waals surface area contributed by atoms with Gasteiger partial charge in [0.1, 0.15) is 18.2 Å². The fraction of sp³-hybridized carbons (Fsp3) is 0.250. The van der Waals surface area contributed by atoms with Crippen molar-refractivity contribution in [3.8, 4) is 5.75 Å². The Labute approximate surface area is 126 Å². The molecule has 0 saturated heterocycles. The lowest BCUT2D eigenvalue weighted by Crippen LogP contribution is -2.08. The molecule has 0 aromatic heterocycles. The molecule has 0 heterocycles. The molecule has 106 valence electrons. The summed E-state index contributed by atoms with van der Waals surface area (Å²) in [5, 5.41) is 0. The highest BCUT2D eigenvalue weighted by molar-refractivity contribution is 9.10. The zero-order valence-electron chi connectivity index (χ0n) is 11.5. The standard InChI is InChI=1S/C16H17BrFNO/c1-10-3-5-13(11(2)19)16(7-10)20-9-12-4-6-15(18)14(17)8-12/h3-8,11H,9,19H2,1-2H3. The predicted octanol–water partition coefficient (Wildman–Crippen LogP) is 4.50. The summed E-state index contributed by atoms with van der Waals surface area (Å²) in [6.45, 7) is 4.31. The maximum absolute atomic E-state index is 13.2. The molecule has 2 nitrogen and oxygen atoms in total. The van der Waals surface area contributed by atoms with Crippen LogP contribution in [0.15, 0.2) is 40.9 Å². The van der Waals surface area contributed by atoms with E-state index in [1.165, 1.54) is 6.07 Å². The number of aryl methyl sites for hydroxylation is 1. The Morgan fingerprint density at radius 2 is 2.00 bits per heavy atom. The van der Waals surface area contributed by atoms with E-state index < -0.39 is 0 Å². The molecule has 0 saturated carbocycles. The highest BCUT2D eigenvalue weighted by Crippen LogP contribution is 2.26. The Kier molecular flexibility index (Phi) is 4.78. The average molecular weight is 338 g/mol. The number of benzene rings is 2. The van der Waals surface area contributed by atoms with E-state index in [1.54, 1.807) is 12.1 Å². The highest BCUT2D eigenvalue weighted by atomic mass is 79.9. The Morgan fingerprint density at radius 1 is 1.25 bits per heavy atom. The second-order valence-electron chi connectivity index (χ2n) is 4.87. The van der Waals surface area contributed by atoms with Crippen LogP contribution in [0.25, 0.3) is 0 Å². The monoisotopic (exact) mass is 337 g/mol. The lowest BCUT2D eigenvalue weighted by Gasteiger charge is -2.15. The third-order valence-corrected chi connectivity index (χ3v) is 3.65. The van der Waals surface area contributed by atoms with Crippen LogP contribution in [-0.4, -0.2) is 0 Å². The molecule has 2 N–H and O–H groups in total. The first-order chi connectivity index (χ1) is 9.47. The van der Waals surface area contributed by atoms with E-state index in [-0.39, 0.29) is 11.9 Å². The molecule has 1 atom stereocenters. The van der Waals surface area contributed by atoms with Gasteiger partial charge in [-0.15, -0.1) is 0 Å². The van der Waals surface area contributed by atoms with Crippen LogP contribution in [-0.2, 0) is 6.61 Å². The van der Waals surface area contributed by atoms with Gasteiger partial charge in [-0.25, -0.2) is 4.39 Å². The van der Waals surface area contributed by atoms with Crippen molar-refractivity contribution in [2.75, 3.05) is 0 Å². The molecule has 0 fully saturated rings. The topological polar surface area (TPSA) is 35.2 Å². The van der Waals surface area contributed by atoms with Crippen LogP contribution in [0.5, 0.6) is 5.75 Å². The van der Waals surface area contributed by atoms with Crippen LogP contribution in [0.3, 0.4) is 0 Å². The summed E-state index contributed by atoms with van der Waals surface area (Å²) in [4.78, 5) is 0. The molecule has 0 spiro atoms. The van der Waals surface area contributed by atoms with Crippen LogP contribution in [0.2, 0.25) is 0 Å². The lowest BCUT2D eigenvalue weighted by molar-refractivity contribution is 0.301. The molecule has 20 heavy (non-hydrogen) atoms. The van der Waals surface area contributed by atoms with Crippen LogP contribution in [0, 0.1) is 12.7 Å². The van der Waals surface area contributed by atoms with Crippen molar-refractivity contribution in [2.45, 2.75) is 26.5 Å². The molecule has 2 rings (SSSR count). The Hall–Kier alpha value is -1.39. The van der Waals surface area contributed by atoms with Gasteiger partial charge in [-0.1, -0.05) is 18.2 Å². The van der Waals surface area contributed by atoms with E-state index in [9.17, 15) is 4.39 Å². The van der Waals surface area contributed by atoms with E-state index in [2.05, 4.69) is 15.9 Å². The number of rotatable bonds is 4. The van der Waals surface area contributed by atoms with Crippen molar-refractivity contribution in [3.05, 3.63) is 63.4 Å². The molecule has 2 aromatic rings. The Morgan fingerprint density at radius 3 is 2.65 bits per heavy atom. The van der Waals surface area contributed by atoms with Crippen molar-refractivity contribution in [2.24, 2.45) is 5.73 Å². The Bertz CT molecular complexity index is 613. The van der Waals surface area contributed by atoms with Gasteiger partial charge in [0.05, 0.1) is 4.47 Å². The second-order valence-corrected chi connectivity index (χ2v) is 5.72. The van der Waals surface area contributed by atoms with Gasteiger partial charge >= 0.3 is 0 Å². The first-order valence-corrected chi connectivity index (χ1v) is 7.19. The zero-order valence-corrected chi connectivity index (χ0v) is 13.1. The molecule has 0 radical (unpaired) electrons. The normalized spacial score (nSPS) is 12.2. The highest BCUT2D eigenvalue weighted by Gasteiger charge is 2.09. The maximum Gasteiger partial charge on any atom is 0.137 e. The van der Waals surface area contributed by atoms with Crippen molar-refractivity contribution >= 4 is 15.9 Å². The van der Waals surface area contributed by atoms with E-state index in [0.29, 0.717) is 11.1 Å². The minimum atomic E-state index is -0.277. The largest absolute Gasteiger partial charge is 0.489 e. The van der Waals surface area contributed by atoms with Crippen LogP contribution >= 0.6 is 15.9 Å². The van der Waals surface area contributed by atoms with Gasteiger partial charge in [0.2, 0.25) is 0 Å². The molecular weight excluding hydrogens is 321 g/mol. The second kappa shape index (κ2) is 6.37. The van der Waals surface area contributed by atoms with E-state index in [0.717, 1.165) is 22.4 Å². The summed E-state index contributed by atoms with van der Waals surface area (Å²) in [7, 11) is 0. The van der Waals surface area contributed by atoms with Gasteiger partial charge in [-0.3, -0.25) is 0 Å². The molecule has 1 unspecified atom stereocenters. The molecule has 0 amide bonds. The number of hydrogen-bond donors (Lipinski definition) is 1. The molecule has 0 bridgehead atoms. The van der Waals surface area contributed by atoms with Gasteiger partial charge in [0, 0.05) is 11.6 Å². The van der Waals surface area contributed by atoms with Crippen molar-refractivity contribution < 1.29 is 9.13 Å². The number of halogens is 2. The van der Waals surface area contributed by atoms with Crippen molar-refractivity contribution in [1.82, 2.24) is 0 Å². The summed E-state index contributed by atoms with van der Waals surface area (Å²) in [6.07, 6.45) is 0. The van der Waals surface area contributed by atoms with Gasteiger partial charge in [0.25, 0.3) is 0 Å². The molecule has 0 aliphatic rings. The van der Waals surface area contributed by atoms with Crippen molar-refractivity contribution in [3.63, 3.8) is 0 Å². The van der Waals surface area contributed by atoms with Gasteiger partial charge in [-0.05, 0) is 59.1 Å². The maximum atomic E-state index is 13.2. The first-order valence-electron chi connectivity index (χ1n) is 6.40. The minimum Gasteiger partial charge on any atom is -0.489 e. The fourth-order valence-corrected chi connectivity index (χ4v) is 2.36. The summed E-state index contributed by atoms with van der Waals surface area (Å²) in [5.74, 6) is 0.501. The number of hydrogen-bond acceptors (Lipinski definition) is 2. The third-order valence-electron chi connectivity index (χ3n) is 3.04. The zero-order chi connectivity index (χ0) is 14.7. The molecule has 0 aliphatic carbocycles. The number of ether oxygens (including phenoxy) is 1. The number of nitrogens with two attached hydrogens (primary N) is 1. The van der Waals surface area contributed by atoms with Gasteiger partial charge in [-0.2, -0.15) is 0 Å². The third kappa shape index (κ3) is 3.58. The minimum absolute atomic E-state index is 0.0921. The molecule has 0 aliphatic heterocycles. The summed E-state index contributed by atoms with van der Waals surface area (Å²) >= 11 is 3.17. The lowest BCUT2D eigenvalue weighted by atomic mass is 10.1. The van der Waals surface area contributed by atoms with E-state index in [4.69, 9.17) is 10.5 Å². The molecule has 2 aromatic carbocycles. The SMILES string of the molecule is Cc1ccc(C(C)N)c(OCc2ccc(F)c(Br)c2)c1.